The van der Waals surface area contributed by atoms with Gasteiger partial charge in [-0.25, -0.2) is 17.8 Å². The zero-order chi connectivity index (χ0) is 30.4. The standard InChI is InChI=1S/C28H22F5N5O3S/c1-17-13-26(27(2,29)30)35-37(17)23-12-9-20(19-5-4-6-22(14-19)42(3,39)40)15-24(23)38-25(16-34-36-38)18-7-10-21(11-8-18)41-28(31,32)33/h4-16H,1-3H3. The van der Waals surface area contributed by atoms with Crippen molar-refractivity contribution in [3.63, 3.8) is 0 Å². The Morgan fingerprint density at radius 1 is 0.810 bits per heavy atom. The number of benzene rings is 3. The van der Waals surface area contributed by atoms with Gasteiger partial charge in [0.1, 0.15) is 11.4 Å². The topological polar surface area (TPSA) is 91.9 Å². The zero-order valence-electron chi connectivity index (χ0n) is 22.3. The van der Waals surface area contributed by atoms with Gasteiger partial charge < -0.3 is 4.74 Å². The lowest BCUT2D eigenvalue weighted by Crippen LogP contribution is -2.17. The molecule has 0 spiro atoms. The second-order valence-electron chi connectivity index (χ2n) is 9.58. The number of aryl methyl sites for hydroxylation is 1. The number of hydrogen-bond donors (Lipinski definition) is 0. The van der Waals surface area contributed by atoms with Crippen LogP contribution in [0.2, 0.25) is 0 Å². The summed E-state index contributed by atoms with van der Waals surface area (Å²) < 4.78 is 97.2. The van der Waals surface area contributed by atoms with E-state index in [1.54, 1.807) is 37.3 Å². The highest BCUT2D eigenvalue weighted by atomic mass is 32.2. The monoisotopic (exact) mass is 603 g/mol. The molecule has 14 heteroatoms. The first kappa shape index (κ1) is 28.9. The van der Waals surface area contributed by atoms with E-state index in [1.165, 1.54) is 45.9 Å². The van der Waals surface area contributed by atoms with Crippen molar-refractivity contribution in [1.29, 1.82) is 0 Å². The fourth-order valence-corrected chi connectivity index (χ4v) is 4.99. The van der Waals surface area contributed by atoms with E-state index in [9.17, 15) is 30.4 Å². The molecule has 0 saturated carbocycles. The summed E-state index contributed by atoms with van der Waals surface area (Å²) in [6.45, 7) is 2.34. The molecule has 0 bridgehead atoms. The van der Waals surface area contributed by atoms with Crippen molar-refractivity contribution in [3.05, 3.63) is 90.4 Å². The smallest absolute Gasteiger partial charge is 0.406 e. The van der Waals surface area contributed by atoms with Crippen LogP contribution < -0.4 is 4.74 Å². The molecule has 0 N–H and O–H groups in total. The number of rotatable bonds is 7. The predicted molar refractivity (Wildman–Crippen MR) is 143 cm³/mol. The Labute approximate surface area is 236 Å². The Morgan fingerprint density at radius 2 is 1.48 bits per heavy atom. The van der Waals surface area contributed by atoms with Crippen molar-refractivity contribution in [2.75, 3.05) is 6.26 Å². The van der Waals surface area contributed by atoms with Crippen LogP contribution in [0.5, 0.6) is 5.75 Å². The molecule has 2 aromatic heterocycles. The molecule has 218 valence electrons. The lowest BCUT2D eigenvalue weighted by Gasteiger charge is -2.16. The minimum absolute atomic E-state index is 0.103. The van der Waals surface area contributed by atoms with Crippen LogP contribution in [0.1, 0.15) is 18.3 Å². The summed E-state index contributed by atoms with van der Waals surface area (Å²) in [5.41, 5.74) is 2.54. The second kappa shape index (κ2) is 10.4. The van der Waals surface area contributed by atoms with Crippen molar-refractivity contribution in [2.45, 2.75) is 31.0 Å². The molecule has 2 heterocycles. The highest BCUT2D eigenvalue weighted by molar-refractivity contribution is 7.90. The fraction of sp³-hybridized carbons (Fsp3) is 0.179. The summed E-state index contributed by atoms with van der Waals surface area (Å²) >= 11 is 0. The van der Waals surface area contributed by atoms with Crippen LogP contribution >= 0.6 is 0 Å². The Morgan fingerprint density at radius 3 is 2.10 bits per heavy atom. The van der Waals surface area contributed by atoms with Crippen molar-refractivity contribution in [2.24, 2.45) is 0 Å². The van der Waals surface area contributed by atoms with E-state index in [2.05, 4.69) is 20.1 Å². The number of aromatic nitrogens is 5. The van der Waals surface area contributed by atoms with Crippen molar-refractivity contribution < 1.29 is 35.1 Å². The van der Waals surface area contributed by atoms with Gasteiger partial charge in [-0.2, -0.15) is 13.9 Å². The van der Waals surface area contributed by atoms with Gasteiger partial charge in [-0.05, 0) is 72.6 Å². The molecule has 0 fully saturated rings. The third-order valence-corrected chi connectivity index (χ3v) is 7.41. The molecular formula is C28H22F5N5O3S. The molecule has 0 aliphatic rings. The number of ether oxygens (including phenoxy) is 1. The zero-order valence-corrected chi connectivity index (χ0v) is 23.1. The number of nitrogens with zero attached hydrogens (tertiary/aromatic N) is 5. The Hall–Kier alpha value is -4.59. The van der Waals surface area contributed by atoms with Gasteiger partial charge in [0, 0.05) is 24.4 Å². The van der Waals surface area contributed by atoms with E-state index < -0.39 is 33.6 Å². The maximum absolute atomic E-state index is 14.1. The maximum atomic E-state index is 14.1. The van der Waals surface area contributed by atoms with E-state index in [1.807, 2.05) is 0 Å². The summed E-state index contributed by atoms with van der Waals surface area (Å²) in [6.07, 6.45) is -2.37. The van der Waals surface area contributed by atoms with Crippen LogP contribution in [0.15, 0.2) is 83.9 Å². The Bertz CT molecular complexity index is 1880. The lowest BCUT2D eigenvalue weighted by molar-refractivity contribution is -0.274. The SMILES string of the molecule is Cc1cc(C(C)(F)F)nn1-c1ccc(-c2cccc(S(C)(=O)=O)c2)cc1-n1nncc1-c1ccc(OC(F)(F)F)cc1. The lowest BCUT2D eigenvalue weighted by atomic mass is 10.0. The largest absolute Gasteiger partial charge is 0.573 e. The van der Waals surface area contributed by atoms with Crippen LogP contribution in [-0.2, 0) is 15.8 Å². The molecule has 0 unspecified atom stereocenters. The first-order valence-electron chi connectivity index (χ1n) is 12.3. The van der Waals surface area contributed by atoms with Gasteiger partial charge in [0.05, 0.1) is 28.2 Å². The van der Waals surface area contributed by atoms with E-state index in [0.29, 0.717) is 39.5 Å². The van der Waals surface area contributed by atoms with Gasteiger partial charge in [-0.15, -0.1) is 18.3 Å². The molecule has 8 nitrogen and oxygen atoms in total. The molecule has 0 aliphatic heterocycles. The molecule has 0 atom stereocenters. The first-order chi connectivity index (χ1) is 19.6. The van der Waals surface area contributed by atoms with Crippen LogP contribution in [0.4, 0.5) is 22.0 Å². The quantitative estimate of drug-likeness (QED) is 0.197. The van der Waals surface area contributed by atoms with Crippen LogP contribution in [0, 0.1) is 6.92 Å². The normalized spacial score (nSPS) is 12.5. The third-order valence-electron chi connectivity index (χ3n) is 6.30. The molecule has 5 rings (SSSR count). The summed E-state index contributed by atoms with van der Waals surface area (Å²) in [5.74, 6) is -3.63. The van der Waals surface area contributed by atoms with Gasteiger partial charge in [0.25, 0.3) is 5.92 Å². The summed E-state index contributed by atoms with van der Waals surface area (Å²) in [5, 5.41) is 12.3. The van der Waals surface area contributed by atoms with Gasteiger partial charge in [-0.1, -0.05) is 23.4 Å². The van der Waals surface area contributed by atoms with Gasteiger partial charge in [-0.3, -0.25) is 0 Å². The highest BCUT2D eigenvalue weighted by Gasteiger charge is 2.31. The number of hydrogen-bond acceptors (Lipinski definition) is 6. The van der Waals surface area contributed by atoms with Gasteiger partial charge in [0.2, 0.25) is 0 Å². The van der Waals surface area contributed by atoms with Gasteiger partial charge in [0.15, 0.2) is 9.84 Å². The van der Waals surface area contributed by atoms with E-state index in [-0.39, 0.29) is 4.90 Å². The van der Waals surface area contributed by atoms with E-state index >= 15 is 0 Å². The van der Waals surface area contributed by atoms with Crippen molar-refractivity contribution in [3.8, 4) is 39.5 Å². The molecule has 5 aromatic rings. The summed E-state index contributed by atoms with van der Waals surface area (Å²) in [6, 6.07) is 17.6. The fourth-order valence-electron chi connectivity index (χ4n) is 4.33. The summed E-state index contributed by atoms with van der Waals surface area (Å²) in [7, 11) is -3.51. The van der Waals surface area contributed by atoms with Crippen LogP contribution in [0.3, 0.4) is 0 Å². The molecule has 0 aliphatic carbocycles. The van der Waals surface area contributed by atoms with E-state index in [4.69, 9.17) is 0 Å². The molecule has 42 heavy (non-hydrogen) atoms. The molecule has 0 saturated heterocycles. The Kier molecular flexibility index (Phi) is 7.13. The van der Waals surface area contributed by atoms with Gasteiger partial charge >= 0.3 is 6.36 Å². The maximum Gasteiger partial charge on any atom is 0.573 e. The average Bonchev–Trinajstić information content (AvgIpc) is 3.54. The van der Waals surface area contributed by atoms with Crippen molar-refractivity contribution in [1.82, 2.24) is 24.8 Å². The van der Waals surface area contributed by atoms with Crippen LogP contribution in [-0.4, -0.2) is 45.8 Å². The number of halogens is 5. The number of sulfone groups is 1. The average molecular weight is 604 g/mol. The molecule has 3 aromatic carbocycles. The van der Waals surface area contributed by atoms with Crippen LogP contribution in [0.25, 0.3) is 33.8 Å². The predicted octanol–water partition coefficient (Wildman–Crippen LogP) is 6.51. The second-order valence-corrected chi connectivity index (χ2v) is 11.6. The Balaban J connectivity index is 1.69. The molecular weight excluding hydrogens is 581 g/mol. The minimum atomic E-state index is -4.86. The summed E-state index contributed by atoms with van der Waals surface area (Å²) in [4.78, 5) is 0.103. The number of alkyl halides is 5. The van der Waals surface area contributed by atoms with E-state index in [0.717, 1.165) is 25.3 Å². The first-order valence-corrected chi connectivity index (χ1v) is 14.2. The minimum Gasteiger partial charge on any atom is -0.406 e. The molecule has 0 amide bonds. The van der Waals surface area contributed by atoms with Crippen molar-refractivity contribution >= 4 is 9.84 Å². The highest BCUT2D eigenvalue weighted by Crippen LogP contribution is 2.34. The molecule has 0 radical (unpaired) electrons. The third kappa shape index (κ3) is 6.03.